The summed E-state index contributed by atoms with van der Waals surface area (Å²) in [7, 11) is -3.64. The first kappa shape index (κ1) is 18.6. The van der Waals surface area contributed by atoms with Gasteiger partial charge in [0.1, 0.15) is 6.04 Å². The predicted octanol–water partition coefficient (Wildman–Crippen LogP) is 3.03. The molecule has 2 atom stereocenters. The second-order valence-electron chi connectivity index (χ2n) is 5.14. The van der Waals surface area contributed by atoms with Crippen LogP contribution in [0.1, 0.15) is 48.0 Å². The van der Waals surface area contributed by atoms with Crippen molar-refractivity contribution in [3.05, 3.63) is 0 Å². The van der Waals surface area contributed by atoms with Crippen molar-refractivity contribution in [1.82, 2.24) is 5.09 Å². The molecule has 0 spiro atoms. The van der Waals surface area contributed by atoms with E-state index in [2.05, 4.69) is 5.09 Å². The number of hydrogen-bond acceptors (Lipinski definition) is 4. The highest BCUT2D eigenvalue weighted by molar-refractivity contribution is 7.51. The van der Waals surface area contributed by atoms with E-state index in [-0.39, 0.29) is 18.1 Å². The van der Waals surface area contributed by atoms with Gasteiger partial charge in [-0.1, -0.05) is 20.3 Å². The molecule has 0 bridgehead atoms. The Hall–Kier alpha value is -0.420. The Labute approximate surface area is 115 Å². The number of rotatable bonds is 9. The van der Waals surface area contributed by atoms with E-state index in [0.29, 0.717) is 6.42 Å². The van der Waals surface area contributed by atoms with Gasteiger partial charge in [-0.25, -0.2) is 9.65 Å². The lowest BCUT2D eigenvalue weighted by atomic mass is 10.0. The maximum atomic E-state index is 12.6. The zero-order valence-electron chi connectivity index (χ0n) is 12.5. The van der Waals surface area contributed by atoms with Crippen molar-refractivity contribution < 1.29 is 23.5 Å². The van der Waals surface area contributed by atoms with Gasteiger partial charge in [0.05, 0.1) is 12.2 Å². The molecule has 2 N–H and O–H groups in total. The summed E-state index contributed by atoms with van der Waals surface area (Å²) in [5, 5.41) is 11.8. The van der Waals surface area contributed by atoms with Crippen LogP contribution in [0.5, 0.6) is 0 Å². The lowest BCUT2D eigenvalue weighted by Crippen LogP contribution is -2.41. The van der Waals surface area contributed by atoms with Crippen LogP contribution >= 0.6 is 7.75 Å². The maximum absolute atomic E-state index is 12.6. The minimum Gasteiger partial charge on any atom is -0.480 e. The van der Waals surface area contributed by atoms with Gasteiger partial charge in [-0.15, -0.1) is 0 Å². The zero-order valence-corrected chi connectivity index (χ0v) is 13.4. The SMILES string of the molecule is CCC(C)C(NP(=O)(OC(C)C)OC(C)C)C(=O)O. The number of hydrogen-bond donors (Lipinski definition) is 2. The van der Waals surface area contributed by atoms with Gasteiger partial charge in [-0.05, 0) is 33.6 Å². The molecule has 114 valence electrons. The Kier molecular flexibility index (Phi) is 7.82. The fourth-order valence-corrected chi connectivity index (χ4v) is 3.46. The molecule has 0 saturated carbocycles. The summed E-state index contributed by atoms with van der Waals surface area (Å²) in [5.41, 5.74) is 0. The molecule has 0 aliphatic heterocycles. The van der Waals surface area contributed by atoms with E-state index in [9.17, 15) is 14.5 Å². The second-order valence-corrected chi connectivity index (χ2v) is 6.81. The Balaban J connectivity index is 5.05. The van der Waals surface area contributed by atoms with E-state index in [1.807, 2.05) is 6.92 Å². The van der Waals surface area contributed by atoms with Gasteiger partial charge in [-0.2, -0.15) is 0 Å². The van der Waals surface area contributed by atoms with Crippen LogP contribution in [-0.4, -0.2) is 29.3 Å². The predicted molar refractivity (Wildman–Crippen MR) is 74.1 cm³/mol. The number of carbonyl (C=O) groups is 1. The number of aliphatic carboxylic acids is 1. The molecule has 0 aromatic carbocycles. The minimum absolute atomic E-state index is 0.183. The molecule has 6 nitrogen and oxygen atoms in total. The van der Waals surface area contributed by atoms with E-state index >= 15 is 0 Å². The molecule has 0 rings (SSSR count). The van der Waals surface area contributed by atoms with Crippen LogP contribution in [0.3, 0.4) is 0 Å². The average molecular weight is 295 g/mol. The highest BCUT2D eigenvalue weighted by atomic mass is 31.2. The molecule has 0 aliphatic rings. The topological polar surface area (TPSA) is 84.9 Å². The molecule has 0 saturated heterocycles. The zero-order chi connectivity index (χ0) is 15.2. The van der Waals surface area contributed by atoms with Crippen molar-refractivity contribution in [3.63, 3.8) is 0 Å². The van der Waals surface area contributed by atoms with Crippen LogP contribution in [0.25, 0.3) is 0 Å². The first-order valence-corrected chi connectivity index (χ1v) is 8.13. The van der Waals surface area contributed by atoms with Gasteiger partial charge >= 0.3 is 13.7 Å². The third-order valence-electron chi connectivity index (χ3n) is 2.48. The molecule has 0 radical (unpaired) electrons. The van der Waals surface area contributed by atoms with Gasteiger partial charge in [-0.3, -0.25) is 13.8 Å². The van der Waals surface area contributed by atoms with Crippen LogP contribution in [0, 0.1) is 5.92 Å². The molecule has 0 aliphatic carbocycles. The van der Waals surface area contributed by atoms with Gasteiger partial charge in [0, 0.05) is 0 Å². The lowest BCUT2D eigenvalue weighted by Gasteiger charge is -2.28. The van der Waals surface area contributed by atoms with E-state index in [1.54, 1.807) is 34.6 Å². The van der Waals surface area contributed by atoms with Crippen LogP contribution in [0.4, 0.5) is 0 Å². The lowest BCUT2D eigenvalue weighted by molar-refractivity contribution is -0.140. The van der Waals surface area contributed by atoms with E-state index < -0.39 is 19.8 Å². The number of nitrogens with one attached hydrogen (secondary N) is 1. The highest BCUT2D eigenvalue weighted by Crippen LogP contribution is 2.47. The monoisotopic (exact) mass is 295 g/mol. The summed E-state index contributed by atoms with van der Waals surface area (Å²) in [5.74, 6) is -1.24. The first-order chi connectivity index (χ1) is 8.61. The number of carboxylic acids is 1. The van der Waals surface area contributed by atoms with Crippen molar-refractivity contribution in [2.75, 3.05) is 0 Å². The maximum Gasteiger partial charge on any atom is 0.406 e. The summed E-state index contributed by atoms with van der Waals surface area (Å²) in [4.78, 5) is 11.3. The Morgan fingerprint density at radius 3 is 1.84 bits per heavy atom. The summed E-state index contributed by atoms with van der Waals surface area (Å²) >= 11 is 0. The van der Waals surface area contributed by atoms with E-state index in [1.165, 1.54) is 0 Å². The van der Waals surface area contributed by atoms with Crippen molar-refractivity contribution in [3.8, 4) is 0 Å². The largest absolute Gasteiger partial charge is 0.480 e. The Bertz CT molecular complexity index is 318. The molecular weight excluding hydrogens is 269 g/mol. The van der Waals surface area contributed by atoms with Crippen molar-refractivity contribution in [1.29, 1.82) is 0 Å². The van der Waals surface area contributed by atoms with Crippen molar-refractivity contribution >= 4 is 13.7 Å². The fourth-order valence-electron chi connectivity index (χ4n) is 1.47. The Morgan fingerprint density at radius 1 is 1.16 bits per heavy atom. The van der Waals surface area contributed by atoms with Crippen LogP contribution in [-0.2, 0) is 18.4 Å². The van der Waals surface area contributed by atoms with Gasteiger partial charge in [0.25, 0.3) is 0 Å². The molecule has 0 aromatic rings. The summed E-state index contributed by atoms with van der Waals surface area (Å²) in [6.45, 7) is 10.5. The molecule has 0 heterocycles. The van der Waals surface area contributed by atoms with Crippen molar-refractivity contribution in [2.24, 2.45) is 5.92 Å². The summed E-state index contributed by atoms with van der Waals surface area (Å²) in [6, 6.07) is -0.965. The first-order valence-electron chi connectivity index (χ1n) is 6.58. The van der Waals surface area contributed by atoms with E-state index in [4.69, 9.17) is 9.05 Å². The summed E-state index contributed by atoms with van der Waals surface area (Å²) < 4.78 is 23.1. The minimum atomic E-state index is -3.64. The van der Waals surface area contributed by atoms with Gasteiger partial charge in [0.2, 0.25) is 0 Å². The molecule has 0 aromatic heterocycles. The van der Waals surface area contributed by atoms with Crippen LogP contribution < -0.4 is 5.09 Å². The number of carboxylic acid groups (broad SMARTS) is 1. The van der Waals surface area contributed by atoms with E-state index in [0.717, 1.165) is 0 Å². The standard InChI is InChI=1S/C12H26NO5P/c1-7-10(6)11(12(14)15)13-19(16,17-8(2)3)18-9(4)5/h8-11H,7H2,1-6H3,(H,13,16)(H,14,15). The quantitative estimate of drug-likeness (QED) is 0.636. The third kappa shape index (κ3) is 7.06. The Morgan fingerprint density at radius 2 is 1.58 bits per heavy atom. The fraction of sp³-hybridized carbons (Fsp3) is 0.917. The molecule has 0 fully saturated rings. The highest BCUT2D eigenvalue weighted by Gasteiger charge is 2.36. The molecular formula is C12H26NO5P. The average Bonchev–Trinajstić information content (AvgIpc) is 2.22. The van der Waals surface area contributed by atoms with Gasteiger partial charge in [0.15, 0.2) is 0 Å². The molecule has 2 unspecified atom stereocenters. The van der Waals surface area contributed by atoms with Crippen LogP contribution in [0.2, 0.25) is 0 Å². The smallest absolute Gasteiger partial charge is 0.406 e. The van der Waals surface area contributed by atoms with Crippen LogP contribution in [0.15, 0.2) is 0 Å². The molecule has 0 amide bonds. The molecule has 7 heteroatoms. The van der Waals surface area contributed by atoms with Crippen molar-refractivity contribution in [2.45, 2.75) is 66.2 Å². The summed E-state index contributed by atoms with van der Waals surface area (Å²) in [6.07, 6.45) is -0.0141. The van der Waals surface area contributed by atoms with Gasteiger partial charge < -0.3 is 5.11 Å². The normalized spacial score (nSPS) is 15.8. The second kappa shape index (κ2) is 8.00. The molecule has 19 heavy (non-hydrogen) atoms. The third-order valence-corrected chi connectivity index (χ3v) is 4.47.